The van der Waals surface area contributed by atoms with Crippen molar-refractivity contribution in [3.05, 3.63) is 0 Å². The minimum absolute atomic E-state index is 0.554. The van der Waals surface area contributed by atoms with E-state index in [1.54, 1.807) is 0 Å². The average Bonchev–Trinajstić information content (AvgIpc) is 2.60. The van der Waals surface area contributed by atoms with Crippen molar-refractivity contribution < 1.29 is 4.74 Å². The van der Waals surface area contributed by atoms with Gasteiger partial charge in [0.2, 0.25) is 0 Å². The molecular formula is C12H22O. The van der Waals surface area contributed by atoms with E-state index < -0.39 is 0 Å². The number of hydrogen-bond acceptors (Lipinski definition) is 1. The van der Waals surface area contributed by atoms with Crippen LogP contribution >= 0.6 is 0 Å². The van der Waals surface area contributed by atoms with Crippen molar-refractivity contribution in [2.45, 2.75) is 40.0 Å². The van der Waals surface area contributed by atoms with Crippen LogP contribution in [0.15, 0.2) is 0 Å². The van der Waals surface area contributed by atoms with Gasteiger partial charge in [0, 0.05) is 6.61 Å². The van der Waals surface area contributed by atoms with Gasteiger partial charge < -0.3 is 4.74 Å². The van der Waals surface area contributed by atoms with Crippen molar-refractivity contribution in [1.82, 2.24) is 0 Å². The van der Waals surface area contributed by atoms with Gasteiger partial charge in [-0.2, -0.15) is 0 Å². The van der Waals surface area contributed by atoms with Crippen molar-refractivity contribution in [3.8, 4) is 0 Å². The summed E-state index contributed by atoms with van der Waals surface area (Å²) in [5, 5.41) is 0. The quantitative estimate of drug-likeness (QED) is 0.651. The molecule has 0 aliphatic heterocycles. The van der Waals surface area contributed by atoms with Crippen molar-refractivity contribution in [1.29, 1.82) is 0 Å². The molecule has 0 amide bonds. The van der Waals surface area contributed by atoms with Crippen LogP contribution in [0.5, 0.6) is 0 Å². The molecule has 2 saturated carbocycles. The third kappa shape index (κ3) is 1.41. The Balaban J connectivity index is 2.01. The van der Waals surface area contributed by atoms with E-state index >= 15 is 0 Å². The topological polar surface area (TPSA) is 9.23 Å². The van der Waals surface area contributed by atoms with Crippen LogP contribution in [0.4, 0.5) is 0 Å². The number of ether oxygens (including phenoxy) is 1. The molecule has 13 heavy (non-hydrogen) atoms. The summed E-state index contributed by atoms with van der Waals surface area (Å²) in [5.41, 5.74) is 0.554. The molecule has 76 valence electrons. The van der Waals surface area contributed by atoms with Gasteiger partial charge in [-0.25, -0.2) is 0 Å². The van der Waals surface area contributed by atoms with Gasteiger partial charge in [-0.15, -0.1) is 0 Å². The van der Waals surface area contributed by atoms with Gasteiger partial charge in [-0.1, -0.05) is 13.8 Å². The molecule has 0 aromatic rings. The summed E-state index contributed by atoms with van der Waals surface area (Å²) in [5.74, 6) is 2.81. The first-order chi connectivity index (χ1) is 6.16. The highest BCUT2D eigenvalue weighted by Gasteiger charge is 2.52. The van der Waals surface area contributed by atoms with Gasteiger partial charge in [0.05, 0.1) is 6.61 Å². The first kappa shape index (κ1) is 9.51. The molecule has 3 unspecified atom stereocenters. The molecular weight excluding hydrogens is 160 g/mol. The molecule has 1 heteroatoms. The first-order valence-corrected chi connectivity index (χ1v) is 5.74. The normalized spacial score (nSPS) is 41.3. The Morgan fingerprint density at radius 3 is 2.62 bits per heavy atom. The molecule has 0 N–H and O–H groups in total. The molecule has 2 bridgehead atoms. The molecule has 2 aliphatic rings. The highest BCUT2D eigenvalue weighted by atomic mass is 16.5. The zero-order valence-corrected chi connectivity index (χ0v) is 9.18. The second-order valence-electron chi connectivity index (χ2n) is 5.36. The molecule has 0 saturated heterocycles. The number of fused-ring (bicyclic) bond motifs is 2. The second kappa shape index (κ2) is 3.27. The Labute approximate surface area is 81.9 Å². The summed E-state index contributed by atoms with van der Waals surface area (Å²) in [6.45, 7) is 8.87. The zero-order valence-electron chi connectivity index (χ0n) is 9.18. The highest BCUT2D eigenvalue weighted by molar-refractivity contribution is 5.01. The molecule has 0 heterocycles. The van der Waals surface area contributed by atoms with E-state index in [4.69, 9.17) is 4.74 Å². The van der Waals surface area contributed by atoms with Gasteiger partial charge >= 0.3 is 0 Å². The van der Waals surface area contributed by atoms with Crippen molar-refractivity contribution in [3.63, 3.8) is 0 Å². The van der Waals surface area contributed by atoms with E-state index in [0.29, 0.717) is 5.41 Å². The smallest absolute Gasteiger partial charge is 0.0501 e. The van der Waals surface area contributed by atoms with Gasteiger partial charge in [0.1, 0.15) is 0 Å². The van der Waals surface area contributed by atoms with Crippen LogP contribution in [-0.4, -0.2) is 13.2 Å². The lowest BCUT2D eigenvalue weighted by atomic mass is 9.69. The molecule has 2 rings (SSSR count). The largest absolute Gasteiger partial charge is 0.381 e. The monoisotopic (exact) mass is 182 g/mol. The van der Waals surface area contributed by atoms with Crippen LogP contribution in [0.1, 0.15) is 40.0 Å². The predicted octanol–water partition coefficient (Wildman–Crippen LogP) is 3.10. The average molecular weight is 182 g/mol. The fraction of sp³-hybridized carbons (Fsp3) is 1.00. The van der Waals surface area contributed by atoms with Crippen molar-refractivity contribution in [2.24, 2.45) is 23.2 Å². The fourth-order valence-corrected chi connectivity index (χ4v) is 3.56. The molecule has 2 aliphatic carbocycles. The van der Waals surface area contributed by atoms with Crippen LogP contribution in [-0.2, 0) is 4.74 Å². The number of hydrogen-bond donors (Lipinski definition) is 0. The molecule has 0 spiro atoms. The Morgan fingerprint density at radius 2 is 2.08 bits per heavy atom. The molecule has 1 nitrogen and oxygen atoms in total. The van der Waals surface area contributed by atoms with E-state index in [0.717, 1.165) is 31.0 Å². The second-order valence-corrected chi connectivity index (χ2v) is 5.36. The Morgan fingerprint density at radius 1 is 1.31 bits per heavy atom. The van der Waals surface area contributed by atoms with E-state index in [1.165, 1.54) is 19.3 Å². The van der Waals surface area contributed by atoms with Crippen molar-refractivity contribution in [2.75, 3.05) is 13.2 Å². The van der Waals surface area contributed by atoms with Crippen LogP contribution < -0.4 is 0 Å². The lowest BCUT2D eigenvalue weighted by Gasteiger charge is -2.38. The summed E-state index contributed by atoms with van der Waals surface area (Å²) in [7, 11) is 0. The summed E-state index contributed by atoms with van der Waals surface area (Å²) in [6, 6.07) is 0. The summed E-state index contributed by atoms with van der Waals surface area (Å²) < 4.78 is 5.61. The Kier molecular flexibility index (Phi) is 2.39. The van der Waals surface area contributed by atoms with Crippen LogP contribution in [0, 0.1) is 23.2 Å². The SMILES string of the molecule is CCOCC1C2CCC(C2)C1(C)C. The Hall–Kier alpha value is -0.0400. The Bertz CT molecular complexity index is 186. The lowest BCUT2D eigenvalue weighted by Crippen LogP contribution is -2.33. The summed E-state index contributed by atoms with van der Waals surface area (Å²) in [6.07, 6.45) is 4.41. The summed E-state index contributed by atoms with van der Waals surface area (Å²) >= 11 is 0. The maximum Gasteiger partial charge on any atom is 0.0501 e. The highest BCUT2D eigenvalue weighted by Crippen LogP contribution is 2.59. The predicted molar refractivity (Wildman–Crippen MR) is 54.6 cm³/mol. The van der Waals surface area contributed by atoms with Gasteiger partial charge in [0.15, 0.2) is 0 Å². The standard InChI is InChI=1S/C12H22O/c1-4-13-8-11-9-5-6-10(7-9)12(11,2)3/h9-11H,4-8H2,1-3H3. The molecule has 3 atom stereocenters. The molecule has 2 fully saturated rings. The lowest BCUT2D eigenvalue weighted by molar-refractivity contribution is 0.0224. The maximum absolute atomic E-state index is 5.61. The molecule has 0 radical (unpaired) electrons. The summed E-state index contributed by atoms with van der Waals surface area (Å²) in [4.78, 5) is 0. The minimum Gasteiger partial charge on any atom is -0.381 e. The van der Waals surface area contributed by atoms with E-state index in [2.05, 4.69) is 20.8 Å². The molecule has 0 aromatic carbocycles. The van der Waals surface area contributed by atoms with Gasteiger partial charge in [-0.05, 0) is 49.4 Å². The van der Waals surface area contributed by atoms with Gasteiger partial charge in [-0.3, -0.25) is 0 Å². The fourth-order valence-electron chi connectivity index (χ4n) is 3.56. The number of rotatable bonds is 3. The third-order valence-electron chi connectivity index (χ3n) is 4.55. The van der Waals surface area contributed by atoms with E-state index in [1.807, 2.05) is 0 Å². The molecule has 0 aromatic heterocycles. The van der Waals surface area contributed by atoms with Crippen LogP contribution in [0.25, 0.3) is 0 Å². The van der Waals surface area contributed by atoms with Crippen molar-refractivity contribution >= 4 is 0 Å². The van der Waals surface area contributed by atoms with E-state index in [-0.39, 0.29) is 0 Å². The third-order valence-corrected chi connectivity index (χ3v) is 4.55. The van der Waals surface area contributed by atoms with E-state index in [9.17, 15) is 0 Å². The zero-order chi connectivity index (χ0) is 9.47. The maximum atomic E-state index is 5.61. The van der Waals surface area contributed by atoms with Crippen LogP contribution in [0.3, 0.4) is 0 Å². The van der Waals surface area contributed by atoms with Crippen LogP contribution in [0.2, 0.25) is 0 Å². The van der Waals surface area contributed by atoms with Gasteiger partial charge in [0.25, 0.3) is 0 Å². The first-order valence-electron chi connectivity index (χ1n) is 5.74. The minimum atomic E-state index is 0.554.